The lowest BCUT2D eigenvalue weighted by atomic mass is 10.1. The molecule has 0 bridgehead atoms. The Balaban J connectivity index is 1.83. The Morgan fingerprint density at radius 3 is 3.00 bits per heavy atom. The van der Waals surface area contributed by atoms with Crippen LogP contribution in [0.4, 0.5) is 0 Å². The van der Waals surface area contributed by atoms with E-state index in [1.165, 1.54) is 54.2 Å². The Morgan fingerprint density at radius 2 is 2.20 bits per heavy atom. The van der Waals surface area contributed by atoms with Crippen molar-refractivity contribution in [2.75, 3.05) is 7.11 Å². The molecule has 0 N–H and O–H groups in total. The minimum atomic E-state index is -0.437. The predicted octanol–water partition coefficient (Wildman–Crippen LogP) is 4.22. The molecule has 2 aromatic rings. The van der Waals surface area contributed by atoms with Crippen molar-refractivity contribution in [1.29, 1.82) is 0 Å². The molecule has 0 fully saturated rings. The van der Waals surface area contributed by atoms with E-state index in [4.69, 9.17) is 11.6 Å². The molecule has 1 aliphatic carbocycles. The van der Waals surface area contributed by atoms with Crippen LogP contribution in [0.15, 0.2) is 27.4 Å². The highest BCUT2D eigenvalue weighted by atomic mass is 35.5. The van der Waals surface area contributed by atoms with Gasteiger partial charge >= 0.3 is 5.97 Å². The second-order valence-electron chi connectivity index (χ2n) is 4.48. The fourth-order valence-corrected chi connectivity index (χ4v) is 4.62. The molecule has 0 unspecified atom stereocenters. The Kier molecular flexibility index (Phi) is 4.01. The maximum absolute atomic E-state index is 11.5. The molecule has 0 saturated carbocycles. The van der Waals surface area contributed by atoms with Crippen LogP contribution < -0.4 is 0 Å². The van der Waals surface area contributed by atoms with E-state index < -0.39 is 5.97 Å². The van der Waals surface area contributed by atoms with Gasteiger partial charge in [0.15, 0.2) is 14.4 Å². The summed E-state index contributed by atoms with van der Waals surface area (Å²) in [5.41, 5.74) is 2.87. The number of aryl methyl sites for hydroxylation is 2. The van der Waals surface area contributed by atoms with Gasteiger partial charge in [-0.25, -0.2) is 9.78 Å². The minimum absolute atomic E-state index is 0.213. The molecule has 104 valence electrons. The molecule has 1 aromatic heterocycles. The minimum Gasteiger partial charge on any atom is -0.465 e. The van der Waals surface area contributed by atoms with Crippen molar-refractivity contribution in [3.05, 3.63) is 39.4 Å². The van der Waals surface area contributed by atoms with Crippen molar-refractivity contribution in [1.82, 2.24) is 4.98 Å². The largest absolute Gasteiger partial charge is 0.465 e. The Hall–Kier alpha value is -1.04. The molecule has 0 atom stereocenters. The van der Waals surface area contributed by atoms with Crippen LogP contribution in [0.3, 0.4) is 0 Å². The van der Waals surface area contributed by atoms with Crippen molar-refractivity contribution in [2.45, 2.75) is 28.5 Å². The van der Waals surface area contributed by atoms with Crippen LogP contribution in [0.2, 0.25) is 5.15 Å². The second-order valence-corrected chi connectivity index (χ2v) is 7.16. The predicted molar refractivity (Wildman–Crippen MR) is 81.1 cm³/mol. The number of hydrogen-bond donors (Lipinski definition) is 0. The standard InChI is InChI=1S/C14H12ClNO2S2/c1-18-13(17)11-12(15)16-14(20-11)19-10-6-5-8-3-2-4-9(8)7-10/h5-7H,2-4H2,1H3. The van der Waals surface area contributed by atoms with Crippen LogP contribution in [0.1, 0.15) is 27.2 Å². The lowest BCUT2D eigenvalue weighted by Gasteiger charge is -2.02. The Morgan fingerprint density at radius 1 is 1.40 bits per heavy atom. The summed E-state index contributed by atoms with van der Waals surface area (Å²) in [6, 6.07) is 6.49. The second kappa shape index (κ2) is 5.76. The number of hydrogen-bond acceptors (Lipinski definition) is 5. The van der Waals surface area contributed by atoms with Crippen LogP contribution in [-0.2, 0) is 17.6 Å². The number of fused-ring (bicyclic) bond motifs is 1. The number of benzene rings is 1. The first-order chi connectivity index (χ1) is 9.67. The van der Waals surface area contributed by atoms with E-state index in [1.54, 1.807) is 0 Å². The summed E-state index contributed by atoms with van der Waals surface area (Å²) in [6.45, 7) is 0. The molecular weight excluding hydrogens is 314 g/mol. The lowest BCUT2D eigenvalue weighted by Crippen LogP contribution is -1.98. The fraction of sp³-hybridized carbons (Fsp3) is 0.286. The van der Waals surface area contributed by atoms with Crippen molar-refractivity contribution in [3.63, 3.8) is 0 Å². The number of esters is 1. The lowest BCUT2D eigenvalue weighted by molar-refractivity contribution is 0.0606. The molecule has 1 aromatic carbocycles. The third-order valence-corrected chi connectivity index (χ3v) is 5.68. The third-order valence-electron chi connectivity index (χ3n) is 3.21. The average molecular weight is 326 g/mol. The van der Waals surface area contributed by atoms with Gasteiger partial charge in [0.25, 0.3) is 0 Å². The first kappa shape index (κ1) is 13.9. The number of ether oxygens (including phenoxy) is 1. The quantitative estimate of drug-likeness (QED) is 0.792. The molecule has 1 aliphatic rings. The van der Waals surface area contributed by atoms with Gasteiger partial charge in [0.2, 0.25) is 0 Å². The summed E-state index contributed by atoms with van der Waals surface area (Å²) >= 11 is 8.76. The van der Waals surface area contributed by atoms with Crippen molar-refractivity contribution >= 4 is 40.7 Å². The Bertz CT molecular complexity index is 669. The summed E-state index contributed by atoms with van der Waals surface area (Å²) < 4.78 is 5.44. The zero-order valence-corrected chi connectivity index (χ0v) is 13.2. The highest BCUT2D eigenvalue weighted by Gasteiger charge is 2.18. The van der Waals surface area contributed by atoms with Gasteiger partial charge in [-0.2, -0.15) is 0 Å². The summed E-state index contributed by atoms with van der Waals surface area (Å²) in [5, 5.41) is 0.213. The summed E-state index contributed by atoms with van der Waals surface area (Å²) in [6.07, 6.45) is 3.56. The van der Waals surface area contributed by atoms with Crippen LogP contribution in [0.25, 0.3) is 0 Å². The molecule has 20 heavy (non-hydrogen) atoms. The molecule has 0 saturated heterocycles. The van der Waals surface area contributed by atoms with Gasteiger partial charge in [-0.1, -0.05) is 40.8 Å². The molecule has 3 rings (SSSR count). The van der Waals surface area contributed by atoms with Crippen LogP contribution in [0.5, 0.6) is 0 Å². The molecule has 3 nitrogen and oxygen atoms in total. The number of nitrogens with zero attached hydrogens (tertiary/aromatic N) is 1. The molecular formula is C14H12ClNO2S2. The van der Waals surface area contributed by atoms with Crippen LogP contribution >= 0.6 is 34.7 Å². The number of thiazole rings is 1. The van der Waals surface area contributed by atoms with E-state index in [0.29, 0.717) is 4.88 Å². The normalized spacial score (nSPS) is 13.3. The van der Waals surface area contributed by atoms with E-state index in [9.17, 15) is 4.79 Å². The first-order valence-corrected chi connectivity index (χ1v) is 8.23. The van der Waals surface area contributed by atoms with Crippen LogP contribution in [-0.4, -0.2) is 18.1 Å². The number of halogens is 1. The van der Waals surface area contributed by atoms with Gasteiger partial charge in [0.05, 0.1) is 7.11 Å². The summed E-state index contributed by atoms with van der Waals surface area (Å²) in [4.78, 5) is 17.2. The highest BCUT2D eigenvalue weighted by molar-refractivity contribution is 8.01. The van der Waals surface area contributed by atoms with E-state index in [1.807, 2.05) is 0 Å². The van der Waals surface area contributed by atoms with E-state index in [-0.39, 0.29) is 5.15 Å². The van der Waals surface area contributed by atoms with Gasteiger partial charge in [0, 0.05) is 4.90 Å². The zero-order chi connectivity index (χ0) is 14.1. The molecule has 0 aliphatic heterocycles. The number of methoxy groups -OCH3 is 1. The summed E-state index contributed by atoms with van der Waals surface area (Å²) in [5.74, 6) is -0.437. The third kappa shape index (κ3) is 2.71. The van der Waals surface area contributed by atoms with Gasteiger partial charge in [-0.05, 0) is 42.5 Å². The SMILES string of the molecule is COC(=O)c1sc(Sc2ccc3c(c2)CCC3)nc1Cl. The van der Waals surface area contributed by atoms with E-state index in [2.05, 4.69) is 27.9 Å². The maximum Gasteiger partial charge on any atom is 0.351 e. The van der Waals surface area contributed by atoms with Gasteiger partial charge < -0.3 is 4.74 Å². The molecule has 6 heteroatoms. The van der Waals surface area contributed by atoms with E-state index in [0.717, 1.165) is 15.7 Å². The van der Waals surface area contributed by atoms with Crippen LogP contribution in [0, 0.1) is 0 Å². The van der Waals surface area contributed by atoms with Crippen molar-refractivity contribution in [2.24, 2.45) is 0 Å². The van der Waals surface area contributed by atoms with Gasteiger partial charge in [0.1, 0.15) is 0 Å². The first-order valence-electron chi connectivity index (χ1n) is 6.21. The number of rotatable bonds is 3. The topological polar surface area (TPSA) is 39.2 Å². The maximum atomic E-state index is 11.5. The van der Waals surface area contributed by atoms with E-state index >= 15 is 0 Å². The number of carbonyl (C=O) groups is 1. The number of aromatic nitrogens is 1. The monoisotopic (exact) mass is 325 g/mol. The average Bonchev–Trinajstić information content (AvgIpc) is 3.04. The van der Waals surface area contributed by atoms with Crippen molar-refractivity contribution in [3.8, 4) is 0 Å². The highest BCUT2D eigenvalue weighted by Crippen LogP contribution is 2.36. The fourth-order valence-electron chi connectivity index (χ4n) is 2.26. The Labute approximate surface area is 130 Å². The smallest absolute Gasteiger partial charge is 0.351 e. The molecule has 1 heterocycles. The van der Waals surface area contributed by atoms with Crippen molar-refractivity contribution < 1.29 is 9.53 Å². The molecule has 0 amide bonds. The zero-order valence-electron chi connectivity index (χ0n) is 10.8. The van der Waals surface area contributed by atoms with Gasteiger partial charge in [-0.3, -0.25) is 0 Å². The molecule has 0 spiro atoms. The summed E-state index contributed by atoms with van der Waals surface area (Å²) in [7, 11) is 1.34. The number of carbonyl (C=O) groups excluding carboxylic acids is 1. The van der Waals surface area contributed by atoms with Gasteiger partial charge in [-0.15, -0.1) is 0 Å². The molecule has 0 radical (unpaired) electrons.